The van der Waals surface area contributed by atoms with E-state index < -0.39 is 0 Å². The van der Waals surface area contributed by atoms with E-state index in [4.69, 9.17) is 0 Å². The van der Waals surface area contributed by atoms with Crippen LogP contribution in [0, 0.1) is 5.82 Å². The molecule has 7 nitrogen and oxygen atoms in total. The van der Waals surface area contributed by atoms with Gasteiger partial charge in [0.05, 0.1) is 11.9 Å². The predicted octanol–water partition coefficient (Wildman–Crippen LogP) is 1.71. The number of halogens is 1. The Kier molecular flexibility index (Phi) is 6.00. The van der Waals surface area contributed by atoms with Crippen LogP contribution in [0.25, 0.3) is 0 Å². The van der Waals surface area contributed by atoms with E-state index in [2.05, 4.69) is 15.4 Å². The SMILES string of the molecule is CN=C(NCc1cc(F)ccc1SC)N1CCN(c2cnn(C)c2)C(=O)C1. The molecule has 0 spiro atoms. The Balaban J connectivity index is 1.64. The second-order valence-electron chi connectivity index (χ2n) is 6.20. The molecule has 1 N–H and O–H groups in total. The quantitative estimate of drug-likeness (QED) is 0.489. The number of rotatable bonds is 4. The number of piperazine rings is 1. The summed E-state index contributed by atoms with van der Waals surface area (Å²) in [6, 6.07) is 4.76. The number of aliphatic imine (C=N–C) groups is 1. The van der Waals surface area contributed by atoms with Gasteiger partial charge in [-0.25, -0.2) is 4.39 Å². The van der Waals surface area contributed by atoms with Crippen LogP contribution in [-0.4, -0.2) is 59.5 Å². The van der Waals surface area contributed by atoms with Crippen molar-refractivity contribution in [3.63, 3.8) is 0 Å². The number of hydrogen-bond donors (Lipinski definition) is 1. The highest BCUT2D eigenvalue weighted by atomic mass is 32.2. The third-order valence-corrected chi connectivity index (χ3v) is 5.25. The van der Waals surface area contributed by atoms with E-state index in [0.29, 0.717) is 25.6 Å². The van der Waals surface area contributed by atoms with Gasteiger partial charge in [0, 0.05) is 44.8 Å². The number of aromatic nitrogens is 2. The van der Waals surface area contributed by atoms with E-state index >= 15 is 0 Å². The number of thioether (sulfide) groups is 1. The first-order valence-electron chi connectivity index (χ1n) is 8.59. The molecule has 1 saturated heterocycles. The number of amides is 1. The van der Waals surface area contributed by atoms with E-state index in [1.54, 1.807) is 40.7 Å². The van der Waals surface area contributed by atoms with Crippen molar-refractivity contribution in [3.05, 3.63) is 42.0 Å². The van der Waals surface area contributed by atoms with Crippen molar-refractivity contribution >= 4 is 29.3 Å². The third kappa shape index (κ3) is 4.41. The van der Waals surface area contributed by atoms with Gasteiger partial charge in [-0.1, -0.05) is 0 Å². The summed E-state index contributed by atoms with van der Waals surface area (Å²) in [5.74, 6) is 0.359. The molecule has 2 aromatic rings. The van der Waals surface area contributed by atoms with Crippen LogP contribution in [0.15, 0.2) is 40.5 Å². The molecular formula is C18H23FN6OS. The summed E-state index contributed by atoms with van der Waals surface area (Å²) in [4.78, 5) is 21.5. The molecule has 0 unspecified atom stereocenters. The molecule has 0 saturated carbocycles. The molecule has 1 amide bonds. The molecule has 1 fully saturated rings. The topological polar surface area (TPSA) is 65.8 Å². The van der Waals surface area contributed by atoms with Crippen molar-refractivity contribution in [1.29, 1.82) is 0 Å². The van der Waals surface area contributed by atoms with Gasteiger partial charge >= 0.3 is 0 Å². The zero-order valence-electron chi connectivity index (χ0n) is 15.6. The minimum Gasteiger partial charge on any atom is -0.352 e. The van der Waals surface area contributed by atoms with Crippen LogP contribution in [0.1, 0.15) is 5.56 Å². The van der Waals surface area contributed by atoms with Crippen molar-refractivity contribution in [2.45, 2.75) is 11.4 Å². The van der Waals surface area contributed by atoms with Crippen LogP contribution >= 0.6 is 11.8 Å². The third-order valence-electron chi connectivity index (χ3n) is 4.41. The van der Waals surface area contributed by atoms with Crippen LogP contribution in [0.3, 0.4) is 0 Å². The first-order valence-corrected chi connectivity index (χ1v) is 9.81. The lowest BCUT2D eigenvalue weighted by Gasteiger charge is -2.35. The number of guanidine groups is 1. The van der Waals surface area contributed by atoms with E-state index in [1.165, 1.54) is 12.1 Å². The Morgan fingerprint density at radius 2 is 2.22 bits per heavy atom. The van der Waals surface area contributed by atoms with Gasteiger partial charge in [-0.05, 0) is 30.0 Å². The van der Waals surface area contributed by atoms with Gasteiger partial charge in [-0.2, -0.15) is 5.10 Å². The largest absolute Gasteiger partial charge is 0.352 e. The second kappa shape index (κ2) is 8.43. The molecule has 2 heterocycles. The number of benzene rings is 1. The molecule has 1 aliphatic rings. The van der Waals surface area contributed by atoms with Gasteiger partial charge in [-0.3, -0.25) is 14.5 Å². The van der Waals surface area contributed by atoms with Crippen LogP contribution in [0.4, 0.5) is 10.1 Å². The molecule has 1 aliphatic heterocycles. The Morgan fingerprint density at radius 1 is 1.41 bits per heavy atom. The summed E-state index contributed by atoms with van der Waals surface area (Å²) >= 11 is 1.57. The monoisotopic (exact) mass is 390 g/mol. The van der Waals surface area contributed by atoms with Crippen LogP contribution in [0.2, 0.25) is 0 Å². The molecule has 0 atom stereocenters. The highest BCUT2D eigenvalue weighted by Gasteiger charge is 2.27. The van der Waals surface area contributed by atoms with E-state index in [-0.39, 0.29) is 18.3 Å². The molecule has 9 heteroatoms. The lowest BCUT2D eigenvalue weighted by atomic mass is 10.2. The summed E-state index contributed by atoms with van der Waals surface area (Å²) in [5, 5.41) is 7.37. The normalized spacial score (nSPS) is 15.4. The zero-order chi connectivity index (χ0) is 19.4. The molecule has 0 radical (unpaired) electrons. The van der Waals surface area contributed by atoms with Crippen molar-refractivity contribution in [3.8, 4) is 0 Å². The summed E-state index contributed by atoms with van der Waals surface area (Å²) in [6.07, 6.45) is 5.48. The average molecular weight is 390 g/mol. The van der Waals surface area contributed by atoms with Crippen molar-refractivity contribution in [2.24, 2.45) is 12.0 Å². The maximum absolute atomic E-state index is 13.6. The maximum Gasteiger partial charge on any atom is 0.246 e. The maximum atomic E-state index is 13.6. The Labute approximate surface area is 162 Å². The van der Waals surface area contributed by atoms with Gasteiger partial charge in [-0.15, -0.1) is 11.8 Å². The minimum absolute atomic E-state index is 0.00671. The Morgan fingerprint density at radius 3 is 2.85 bits per heavy atom. The lowest BCUT2D eigenvalue weighted by molar-refractivity contribution is -0.120. The number of nitrogens with one attached hydrogen (secondary N) is 1. The van der Waals surface area contributed by atoms with Crippen LogP contribution in [-0.2, 0) is 18.4 Å². The van der Waals surface area contributed by atoms with Crippen molar-refractivity contribution < 1.29 is 9.18 Å². The molecular weight excluding hydrogens is 367 g/mol. The van der Waals surface area contributed by atoms with Crippen molar-refractivity contribution in [1.82, 2.24) is 20.0 Å². The first-order chi connectivity index (χ1) is 13.0. The van der Waals surface area contributed by atoms with Gasteiger partial charge < -0.3 is 15.1 Å². The number of aryl methyl sites for hydroxylation is 1. The van der Waals surface area contributed by atoms with Gasteiger partial charge in [0.1, 0.15) is 12.4 Å². The van der Waals surface area contributed by atoms with Gasteiger partial charge in [0.25, 0.3) is 0 Å². The van der Waals surface area contributed by atoms with E-state index in [9.17, 15) is 9.18 Å². The Bertz CT molecular complexity index is 852. The Hall–Kier alpha value is -2.55. The molecule has 27 heavy (non-hydrogen) atoms. The molecule has 1 aromatic carbocycles. The lowest BCUT2D eigenvalue weighted by Crippen LogP contribution is -2.55. The number of carbonyl (C=O) groups is 1. The summed E-state index contributed by atoms with van der Waals surface area (Å²) in [6.45, 7) is 1.88. The van der Waals surface area contributed by atoms with Crippen LogP contribution in [0.5, 0.6) is 0 Å². The standard InChI is InChI=1S/C18H23FN6OS/c1-20-18(21-9-13-8-14(19)4-5-16(13)27-3)24-6-7-25(17(26)12-24)15-10-22-23(2)11-15/h4-5,8,10-11H,6-7,9,12H2,1-3H3,(H,20,21). The minimum atomic E-state index is -0.264. The molecule has 1 aromatic heterocycles. The van der Waals surface area contributed by atoms with Crippen molar-refractivity contribution in [2.75, 3.05) is 37.8 Å². The fourth-order valence-corrected chi connectivity index (χ4v) is 3.66. The summed E-state index contributed by atoms with van der Waals surface area (Å²) in [5.41, 5.74) is 1.67. The summed E-state index contributed by atoms with van der Waals surface area (Å²) in [7, 11) is 3.51. The van der Waals surface area contributed by atoms with E-state index in [1.807, 2.05) is 24.4 Å². The number of anilines is 1. The molecule has 0 bridgehead atoms. The average Bonchev–Trinajstić information content (AvgIpc) is 3.08. The first kappa shape index (κ1) is 19.2. The number of nitrogens with zero attached hydrogens (tertiary/aromatic N) is 5. The molecule has 0 aliphatic carbocycles. The molecule has 3 rings (SSSR count). The highest BCUT2D eigenvalue weighted by molar-refractivity contribution is 7.98. The van der Waals surface area contributed by atoms with Gasteiger partial charge in [0.2, 0.25) is 5.91 Å². The highest BCUT2D eigenvalue weighted by Crippen LogP contribution is 2.21. The van der Waals surface area contributed by atoms with Gasteiger partial charge in [0.15, 0.2) is 5.96 Å². The second-order valence-corrected chi connectivity index (χ2v) is 7.04. The smallest absolute Gasteiger partial charge is 0.246 e. The van der Waals surface area contributed by atoms with Crippen LogP contribution < -0.4 is 10.2 Å². The predicted molar refractivity (Wildman–Crippen MR) is 106 cm³/mol. The molecule has 144 valence electrons. The fourth-order valence-electron chi connectivity index (χ4n) is 3.07. The number of carbonyl (C=O) groups excluding carboxylic acids is 1. The fraction of sp³-hybridized carbons (Fsp3) is 0.389. The van der Waals surface area contributed by atoms with E-state index in [0.717, 1.165) is 16.1 Å². The number of hydrogen-bond acceptors (Lipinski definition) is 4. The zero-order valence-corrected chi connectivity index (χ0v) is 16.5. The summed E-state index contributed by atoms with van der Waals surface area (Å²) < 4.78 is 15.2.